The van der Waals surface area contributed by atoms with Gasteiger partial charge in [0.15, 0.2) is 0 Å². The second-order valence-corrected chi connectivity index (χ2v) is 8.05. The molecule has 8 heteroatoms. The lowest BCUT2D eigenvalue weighted by Gasteiger charge is -2.35. The summed E-state index contributed by atoms with van der Waals surface area (Å²) in [6.07, 6.45) is 0.617. The third-order valence-corrected chi connectivity index (χ3v) is 5.75. The Bertz CT molecular complexity index is 777. The summed E-state index contributed by atoms with van der Waals surface area (Å²) in [7, 11) is 1.86. The minimum Gasteiger partial charge on any atom is -0.325 e. The molecule has 3 rings (SSSR count). The van der Waals surface area contributed by atoms with Crippen molar-refractivity contribution < 1.29 is 9.18 Å². The molecular weight excluding hydrogens is 429 g/mol. The number of carbonyl (C=O) groups excluding carboxylic acids is 1. The summed E-state index contributed by atoms with van der Waals surface area (Å²) in [6.45, 7) is 0. The molecular formula is C17H16BrClFN3OS. The second kappa shape index (κ2) is 8.05. The first-order chi connectivity index (χ1) is 11.9. The number of amides is 1. The fourth-order valence-electron chi connectivity index (χ4n) is 2.60. The van der Waals surface area contributed by atoms with Gasteiger partial charge in [0.25, 0.3) is 0 Å². The van der Waals surface area contributed by atoms with E-state index in [1.165, 1.54) is 30.3 Å². The normalized spacial score (nSPS) is 21.1. The lowest BCUT2D eigenvalue weighted by Crippen LogP contribution is -2.46. The number of anilines is 1. The van der Waals surface area contributed by atoms with Crippen LogP contribution in [0.25, 0.3) is 0 Å². The summed E-state index contributed by atoms with van der Waals surface area (Å²) in [5.74, 6) is -0.661. The van der Waals surface area contributed by atoms with E-state index in [-0.39, 0.29) is 23.0 Å². The summed E-state index contributed by atoms with van der Waals surface area (Å²) >= 11 is 10.6. The third-order valence-electron chi connectivity index (χ3n) is 4.00. The van der Waals surface area contributed by atoms with Gasteiger partial charge in [0.2, 0.25) is 5.91 Å². The summed E-state index contributed by atoms with van der Waals surface area (Å²) in [4.78, 5) is 12.7. The minimum absolute atomic E-state index is 0.0152. The van der Waals surface area contributed by atoms with Crippen molar-refractivity contribution in [2.75, 3.05) is 12.4 Å². The fourth-order valence-corrected chi connectivity index (χ4v) is 3.88. The van der Waals surface area contributed by atoms with E-state index in [0.29, 0.717) is 12.1 Å². The molecule has 132 valence electrons. The molecule has 0 saturated carbocycles. The zero-order valence-corrected chi connectivity index (χ0v) is 16.5. The predicted molar refractivity (Wildman–Crippen MR) is 104 cm³/mol. The van der Waals surface area contributed by atoms with E-state index >= 15 is 0 Å². The predicted octanol–water partition coefficient (Wildman–Crippen LogP) is 4.78. The Hall–Kier alpha value is -1.12. The van der Waals surface area contributed by atoms with Crippen LogP contribution in [0.2, 0.25) is 5.02 Å². The number of hydrogen-bond acceptors (Lipinski definition) is 4. The Morgan fingerprint density at radius 3 is 2.76 bits per heavy atom. The molecule has 1 amide bonds. The average Bonchev–Trinajstić information content (AvgIpc) is 2.59. The molecule has 4 nitrogen and oxygen atoms in total. The summed E-state index contributed by atoms with van der Waals surface area (Å²) in [5.41, 5.74) is 1.60. The highest BCUT2D eigenvalue weighted by molar-refractivity contribution is 9.10. The maximum atomic E-state index is 13.3. The van der Waals surface area contributed by atoms with Gasteiger partial charge in [0, 0.05) is 28.3 Å². The minimum atomic E-state index is -0.510. The quantitative estimate of drug-likeness (QED) is 0.669. The van der Waals surface area contributed by atoms with Crippen LogP contribution in [0.4, 0.5) is 10.1 Å². The molecule has 2 aromatic rings. The number of nitrogens with one attached hydrogen (secondary N) is 2. The monoisotopic (exact) mass is 443 g/mol. The lowest BCUT2D eigenvalue weighted by molar-refractivity contribution is -0.119. The molecule has 0 aromatic heterocycles. The van der Waals surface area contributed by atoms with Crippen LogP contribution in [0.3, 0.4) is 0 Å². The van der Waals surface area contributed by atoms with Gasteiger partial charge < -0.3 is 5.32 Å². The molecule has 0 radical (unpaired) electrons. The van der Waals surface area contributed by atoms with Crippen LogP contribution in [0, 0.1) is 5.82 Å². The van der Waals surface area contributed by atoms with Crippen LogP contribution in [0.5, 0.6) is 0 Å². The number of likely N-dealkylation sites (N-methyl/N-ethyl adjacent to an activating group) is 1. The third kappa shape index (κ3) is 4.54. The lowest BCUT2D eigenvalue weighted by atomic mass is 9.99. The summed E-state index contributed by atoms with van der Waals surface area (Å²) in [5, 5.41) is 2.80. The van der Waals surface area contributed by atoms with Gasteiger partial charge in [-0.3, -0.25) is 4.79 Å². The molecule has 1 heterocycles. The number of nitrogens with zero attached hydrogens (tertiary/aromatic N) is 1. The SMILES string of the molecule is CN1SNC(c2ccc(Br)cc2)CC1C(=O)Nc1ccc(F)c(Cl)c1. The van der Waals surface area contributed by atoms with Crippen LogP contribution in [0.1, 0.15) is 18.0 Å². The van der Waals surface area contributed by atoms with E-state index in [1.54, 1.807) is 0 Å². The number of halogens is 3. The number of rotatable bonds is 3. The van der Waals surface area contributed by atoms with Crippen molar-refractivity contribution in [3.05, 3.63) is 63.3 Å². The molecule has 0 bridgehead atoms. The molecule has 0 spiro atoms. The van der Waals surface area contributed by atoms with Gasteiger partial charge in [-0.15, -0.1) is 0 Å². The van der Waals surface area contributed by atoms with Crippen molar-refractivity contribution in [3.8, 4) is 0 Å². The Kier molecular flexibility index (Phi) is 6.01. The fraction of sp³-hybridized carbons (Fsp3) is 0.235. The van der Waals surface area contributed by atoms with Gasteiger partial charge >= 0.3 is 0 Å². The molecule has 25 heavy (non-hydrogen) atoms. The molecule has 2 N–H and O–H groups in total. The molecule has 1 aliphatic heterocycles. The topological polar surface area (TPSA) is 44.4 Å². The molecule has 2 unspecified atom stereocenters. The van der Waals surface area contributed by atoms with Gasteiger partial charge in [-0.2, -0.15) is 0 Å². The highest BCUT2D eigenvalue weighted by Gasteiger charge is 2.32. The molecule has 2 atom stereocenters. The van der Waals surface area contributed by atoms with Gasteiger partial charge in [0.1, 0.15) is 11.9 Å². The van der Waals surface area contributed by atoms with Crippen molar-refractivity contribution >= 4 is 51.3 Å². The largest absolute Gasteiger partial charge is 0.325 e. The Balaban J connectivity index is 1.71. The van der Waals surface area contributed by atoms with E-state index in [1.807, 2.05) is 35.6 Å². The van der Waals surface area contributed by atoms with Crippen LogP contribution >= 0.6 is 39.7 Å². The van der Waals surface area contributed by atoms with Gasteiger partial charge in [-0.05, 0) is 49.4 Å². The Labute approximate surface area is 163 Å². The van der Waals surface area contributed by atoms with Gasteiger partial charge in [-0.1, -0.05) is 39.7 Å². The van der Waals surface area contributed by atoms with Crippen LogP contribution < -0.4 is 10.0 Å². The van der Waals surface area contributed by atoms with E-state index in [2.05, 4.69) is 26.0 Å². The summed E-state index contributed by atoms with van der Waals surface area (Å²) < 4.78 is 19.5. The number of hydrogen-bond donors (Lipinski definition) is 2. The van der Waals surface area contributed by atoms with E-state index in [9.17, 15) is 9.18 Å². The van der Waals surface area contributed by atoms with Crippen LogP contribution in [0.15, 0.2) is 46.9 Å². The van der Waals surface area contributed by atoms with E-state index in [4.69, 9.17) is 11.6 Å². The van der Waals surface area contributed by atoms with Gasteiger partial charge in [-0.25, -0.2) is 13.4 Å². The van der Waals surface area contributed by atoms with E-state index in [0.717, 1.165) is 10.0 Å². The highest BCUT2D eigenvalue weighted by atomic mass is 79.9. The number of benzene rings is 2. The molecule has 2 aromatic carbocycles. The van der Waals surface area contributed by atoms with Crippen molar-refractivity contribution in [1.82, 2.24) is 9.03 Å². The van der Waals surface area contributed by atoms with Crippen molar-refractivity contribution in [2.24, 2.45) is 0 Å². The first-order valence-corrected chi connectivity index (χ1v) is 9.55. The Morgan fingerprint density at radius 1 is 1.36 bits per heavy atom. The van der Waals surface area contributed by atoms with Crippen LogP contribution in [-0.2, 0) is 4.79 Å². The van der Waals surface area contributed by atoms with Crippen LogP contribution in [-0.4, -0.2) is 23.3 Å². The maximum Gasteiger partial charge on any atom is 0.242 e. The van der Waals surface area contributed by atoms with Crippen molar-refractivity contribution in [3.63, 3.8) is 0 Å². The standard InChI is InChI=1S/C17H16BrClFN3OS/c1-23-16(17(24)21-12-6-7-14(20)13(19)8-12)9-15(22-25-23)10-2-4-11(18)5-3-10/h2-8,15-16,22H,9H2,1H3,(H,21,24). The smallest absolute Gasteiger partial charge is 0.242 e. The van der Waals surface area contributed by atoms with Crippen molar-refractivity contribution in [2.45, 2.75) is 18.5 Å². The van der Waals surface area contributed by atoms with E-state index < -0.39 is 5.82 Å². The number of carbonyl (C=O) groups is 1. The maximum absolute atomic E-state index is 13.3. The molecule has 1 fully saturated rings. The van der Waals surface area contributed by atoms with Crippen molar-refractivity contribution in [1.29, 1.82) is 0 Å². The second-order valence-electron chi connectivity index (χ2n) is 5.73. The van der Waals surface area contributed by atoms with Gasteiger partial charge in [0.05, 0.1) is 5.02 Å². The molecule has 0 aliphatic carbocycles. The highest BCUT2D eigenvalue weighted by Crippen LogP contribution is 2.31. The summed E-state index contributed by atoms with van der Waals surface area (Å²) in [6, 6.07) is 11.9. The first-order valence-electron chi connectivity index (χ1n) is 7.61. The first kappa shape index (κ1) is 18.7. The molecule has 1 aliphatic rings. The zero-order valence-electron chi connectivity index (χ0n) is 13.3. The Morgan fingerprint density at radius 2 is 2.08 bits per heavy atom. The zero-order chi connectivity index (χ0) is 18.0. The molecule has 1 saturated heterocycles. The average molecular weight is 445 g/mol.